The summed E-state index contributed by atoms with van der Waals surface area (Å²) in [5.41, 5.74) is 3.33. The fraction of sp³-hybridized carbons (Fsp3) is 0.383. The number of amides is 1. The van der Waals surface area contributed by atoms with Gasteiger partial charge in [-0.2, -0.15) is 0 Å². The molecule has 0 atom stereocenters. The number of nitro benzene ring substituents is 1. The summed E-state index contributed by atoms with van der Waals surface area (Å²) in [6.07, 6.45) is 5.03. The molecule has 3 aromatic carbocycles. The Balaban J connectivity index is 1.01. The van der Waals surface area contributed by atoms with Gasteiger partial charge in [0.05, 0.1) is 26.6 Å². The fourth-order valence-corrected chi connectivity index (χ4v) is 10.4. The molecule has 9 rings (SSSR count). The molecule has 0 saturated carbocycles. The Bertz CT molecular complexity index is 3080. The summed E-state index contributed by atoms with van der Waals surface area (Å²) in [6, 6.07) is 19.7. The number of rotatable bonds is 12. The second-order valence-electron chi connectivity index (χ2n) is 18.3. The number of sulfonamides is 1. The van der Waals surface area contributed by atoms with Crippen molar-refractivity contribution in [3.05, 3.63) is 121 Å². The first-order chi connectivity index (χ1) is 31.5. The SMILES string of the molecule is Cn1c(=O)n(-c2cc(N3CCN(CC4=C(c5ccc(Cl)cc5)CC(C)(C)CC4)CC3)ccc2C(=O)NS(=O)(=O)c2ccc(NCC3(F)CCOCC3)c([N+](=O)[O-])c2)c2cc3cc[nH]c3nc21. The molecule has 3 aromatic heterocycles. The molecule has 66 heavy (non-hydrogen) atoms. The highest BCUT2D eigenvalue weighted by molar-refractivity contribution is 7.90. The highest BCUT2D eigenvalue weighted by Crippen LogP contribution is 2.43. The number of pyridine rings is 1. The highest BCUT2D eigenvalue weighted by atomic mass is 35.5. The molecule has 1 amide bonds. The van der Waals surface area contributed by atoms with E-state index in [1.807, 2.05) is 18.2 Å². The number of benzene rings is 3. The van der Waals surface area contributed by atoms with Crippen LogP contribution in [0.15, 0.2) is 94.3 Å². The molecule has 0 bridgehead atoms. The Hall–Kier alpha value is -6.08. The van der Waals surface area contributed by atoms with Crippen LogP contribution in [0.4, 0.5) is 21.5 Å². The molecule has 0 radical (unpaired) electrons. The summed E-state index contributed by atoms with van der Waals surface area (Å²) >= 11 is 6.25. The summed E-state index contributed by atoms with van der Waals surface area (Å²) in [4.78, 5) is 51.7. The molecular formula is C47H51ClFN9O7S. The maximum atomic E-state index is 15.3. The number of halogens is 2. The van der Waals surface area contributed by atoms with Gasteiger partial charge < -0.3 is 19.9 Å². The number of aryl methyl sites for hydroxylation is 1. The molecule has 3 aliphatic rings. The van der Waals surface area contributed by atoms with Crippen LogP contribution in [-0.2, 0) is 21.8 Å². The Morgan fingerprint density at radius 3 is 2.47 bits per heavy atom. The third-order valence-electron chi connectivity index (χ3n) is 13.2. The molecule has 2 fully saturated rings. The number of nitro groups is 1. The van der Waals surface area contributed by atoms with E-state index >= 15 is 4.39 Å². The number of hydrogen-bond acceptors (Lipinski definition) is 11. The van der Waals surface area contributed by atoms with Gasteiger partial charge in [-0.3, -0.25) is 28.9 Å². The molecule has 1 aliphatic carbocycles. The summed E-state index contributed by atoms with van der Waals surface area (Å²) in [7, 11) is -3.16. The van der Waals surface area contributed by atoms with E-state index in [1.54, 1.807) is 31.4 Å². The number of H-pyrrole nitrogens is 1. The van der Waals surface area contributed by atoms with E-state index < -0.39 is 42.8 Å². The third-order valence-corrected chi connectivity index (χ3v) is 14.8. The van der Waals surface area contributed by atoms with E-state index in [1.165, 1.54) is 38.0 Å². The molecule has 0 unspecified atom stereocenters. The second kappa shape index (κ2) is 17.6. The van der Waals surface area contributed by atoms with Crippen molar-refractivity contribution >= 4 is 72.4 Å². The number of carbonyl (C=O) groups is 1. The number of imidazole rings is 1. The number of nitrogens with one attached hydrogen (secondary N) is 3. The number of nitrogens with zero attached hydrogens (tertiary/aromatic N) is 6. The van der Waals surface area contributed by atoms with Crippen LogP contribution in [0.5, 0.6) is 0 Å². The van der Waals surface area contributed by atoms with Crippen LogP contribution in [0.25, 0.3) is 33.5 Å². The van der Waals surface area contributed by atoms with Gasteiger partial charge in [-0.15, -0.1) is 0 Å². The van der Waals surface area contributed by atoms with Crippen LogP contribution in [0.3, 0.4) is 0 Å². The Morgan fingerprint density at radius 1 is 1.00 bits per heavy atom. The number of fused-ring (bicyclic) bond motifs is 2. The summed E-state index contributed by atoms with van der Waals surface area (Å²) < 4.78 is 53.1. The van der Waals surface area contributed by atoms with E-state index in [9.17, 15) is 28.1 Å². The van der Waals surface area contributed by atoms with Crippen LogP contribution in [0.1, 0.15) is 61.9 Å². The van der Waals surface area contributed by atoms with Crippen molar-refractivity contribution in [3.8, 4) is 5.69 Å². The monoisotopic (exact) mass is 939 g/mol. The average molecular weight is 940 g/mol. The van der Waals surface area contributed by atoms with Crippen molar-refractivity contribution in [2.24, 2.45) is 12.5 Å². The zero-order valence-corrected chi connectivity index (χ0v) is 38.5. The topological polar surface area (TPSA) is 190 Å². The van der Waals surface area contributed by atoms with Gasteiger partial charge in [0, 0.05) is 101 Å². The van der Waals surface area contributed by atoms with Crippen molar-refractivity contribution < 1.29 is 27.3 Å². The third kappa shape index (κ3) is 9.06. The number of anilines is 2. The minimum Gasteiger partial charge on any atom is -0.381 e. The molecule has 346 valence electrons. The molecular weight excluding hydrogens is 889 g/mol. The lowest BCUT2D eigenvalue weighted by molar-refractivity contribution is -0.384. The maximum absolute atomic E-state index is 15.3. The first kappa shape index (κ1) is 45.1. The van der Waals surface area contributed by atoms with Gasteiger partial charge in [0.25, 0.3) is 21.6 Å². The van der Waals surface area contributed by atoms with E-state index in [0.717, 1.165) is 56.7 Å². The van der Waals surface area contributed by atoms with E-state index in [4.69, 9.17) is 16.3 Å². The molecule has 5 heterocycles. The quantitative estimate of drug-likeness (QED) is 0.0810. The number of piperazine rings is 1. The smallest absolute Gasteiger partial charge is 0.334 e. The molecule has 19 heteroatoms. The van der Waals surface area contributed by atoms with Gasteiger partial charge in [0.1, 0.15) is 17.0 Å². The lowest BCUT2D eigenvalue weighted by atomic mass is 9.72. The van der Waals surface area contributed by atoms with Crippen LogP contribution in [0, 0.1) is 15.5 Å². The second-order valence-corrected chi connectivity index (χ2v) is 20.4. The minimum atomic E-state index is -4.73. The molecule has 2 aliphatic heterocycles. The summed E-state index contributed by atoms with van der Waals surface area (Å²) in [5.74, 6) is -1.06. The van der Waals surface area contributed by atoms with Gasteiger partial charge in [0.15, 0.2) is 5.65 Å². The number of carbonyl (C=O) groups excluding carboxylic acids is 1. The van der Waals surface area contributed by atoms with E-state index in [0.29, 0.717) is 40.3 Å². The Kier molecular flexibility index (Phi) is 12.0. The molecule has 3 N–H and O–H groups in total. The van der Waals surface area contributed by atoms with Gasteiger partial charge in [-0.05, 0) is 90.4 Å². The Morgan fingerprint density at radius 2 is 1.74 bits per heavy atom. The molecule has 0 spiro atoms. The predicted octanol–water partition coefficient (Wildman–Crippen LogP) is 7.60. The van der Waals surface area contributed by atoms with Gasteiger partial charge in [-0.1, -0.05) is 43.2 Å². The van der Waals surface area contributed by atoms with Gasteiger partial charge >= 0.3 is 5.69 Å². The molecule has 16 nitrogen and oxygen atoms in total. The normalized spacial score (nSPS) is 17.9. The van der Waals surface area contributed by atoms with Crippen molar-refractivity contribution in [3.63, 3.8) is 0 Å². The number of hydrogen-bond donors (Lipinski definition) is 3. The van der Waals surface area contributed by atoms with Crippen LogP contribution in [-0.4, -0.2) is 101 Å². The van der Waals surface area contributed by atoms with E-state index in [2.05, 4.69) is 55.8 Å². The average Bonchev–Trinajstić information content (AvgIpc) is 3.85. The fourth-order valence-electron chi connectivity index (χ4n) is 9.32. The number of alkyl halides is 1. The number of ether oxygens (including phenoxy) is 1. The van der Waals surface area contributed by atoms with Crippen LogP contribution >= 0.6 is 11.6 Å². The van der Waals surface area contributed by atoms with Crippen molar-refractivity contribution in [1.82, 2.24) is 28.7 Å². The Labute approximate surface area is 385 Å². The van der Waals surface area contributed by atoms with Crippen LogP contribution in [0.2, 0.25) is 5.02 Å². The lowest BCUT2D eigenvalue weighted by Gasteiger charge is -2.39. The molecule has 6 aromatic rings. The van der Waals surface area contributed by atoms with Crippen molar-refractivity contribution in [1.29, 1.82) is 0 Å². The standard InChI is InChI=1S/C47H51ClFN9O7S/c1-46(2)14-12-32(37(27-46)30-4-6-33(48)7-5-30)28-55-18-20-56(21-19-55)34-8-10-36(39(25-34)57-41-24-31-13-17-50-42(31)52-43(41)54(3)45(57)60)44(59)53-66(63,64)35-9-11-38(40(26-35)58(61)62)51-29-47(49)15-22-65-23-16-47/h4-11,13,17,24-26,51H,12,14-16,18-23,27-29H2,1-3H3,(H,50,52)(H,53,59). The molecule has 2 saturated heterocycles. The lowest BCUT2D eigenvalue weighted by Crippen LogP contribution is -2.47. The van der Waals surface area contributed by atoms with Gasteiger partial charge in [0.2, 0.25) is 0 Å². The number of aromatic nitrogens is 4. The predicted molar refractivity (Wildman–Crippen MR) is 253 cm³/mol. The first-order valence-electron chi connectivity index (χ1n) is 22.0. The van der Waals surface area contributed by atoms with Crippen LogP contribution < -0.4 is 20.6 Å². The van der Waals surface area contributed by atoms with E-state index in [-0.39, 0.29) is 55.0 Å². The zero-order valence-electron chi connectivity index (χ0n) is 36.9. The van der Waals surface area contributed by atoms with Gasteiger partial charge in [-0.25, -0.2) is 27.3 Å². The summed E-state index contributed by atoms with van der Waals surface area (Å²) in [5, 5.41) is 16.4. The summed E-state index contributed by atoms with van der Waals surface area (Å²) in [6.45, 7) is 8.46. The minimum absolute atomic E-state index is 0.0780. The highest BCUT2D eigenvalue weighted by Gasteiger charge is 2.34. The maximum Gasteiger partial charge on any atom is 0.334 e. The number of aromatic amines is 1. The largest absolute Gasteiger partial charge is 0.381 e. The van der Waals surface area contributed by atoms with Crippen molar-refractivity contribution in [2.45, 2.75) is 56.5 Å². The zero-order chi connectivity index (χ0) is 46.5. The first-order valence-corrected chi connectivity index (χ1v) is 23.8. The van der Waals surface area contributed by atoms with Crippen molar-refractivity contribution in [2.75, 3.05) is 62.7 Å². The number of allylic oxidation sites excluding steroid dienone is 1.